The van der Waals surface area contributed by atoms with Gasteiger partial charge < -0.3 is 4.90 Å². The lowest BCUT2D eigenvalue weighted by atomic mass is 9.95. The summed E-state index contributed by atoms with van der Waals surface area (Å²) in [5, 5.41) is 7.34. The fraction of sp³-hybridized carbons (Fsp3) is 0.833. The Morgan fingerprint density at radius 1 is 1.35 bits per heavy atom. The normalized spacial score (nSPS) is 25.6. The summed E-state index contributed by atoms with van der Waals surface area (Å²) < 4.78 is 2.84. The second kappa shape index (κ2) is 4.80. The molecule has 1 aliphatic heterocycles. The molecule has 96 valence electrons. The minimum atomic E-state index is 0.348. The Balaban J connectivity index is 2.35. The maximum Gasteiger partial charge on any atom is 0.226 e. The van der Waals surface area contributed by atoms with E-state index < -0.39 is 0 Å². The van der Waals surface area contributed by atoms with E-state index in [2.05, 4.69) is 47.4 Å². The lowest BCUT2D eigenvalue weighted by molar-refractivity contribution is 0.379. The first-order valence-corrected chi connectivity index (χ1v) is 6.85. The van der Waals surface area contributed by atoms with Gasteiger partial charge >= 0.3 is 0 Å². The van der Waals surface area contributed by atoms with Crippen molar-refractivity contribution in [1.29, 1.82) is 0 Å². The van der Waals surface area contributed by atoms with E-state index in [0.29, 0.717) is 12.1 Å². The van der Waals surface area contributed by atoms with Crippen LogP contribution in [0.1, 0.15) is 46.6 Å². The average Bonchev–Trinajstić information content (AvgIpc) is 2.64. The average molecular weight is 254 g/mol. The van der Waals surface area contributed by atoms with Crippen LogP contribution in [0.15, 0.2) is 0 Å². The van der Waals surface area contributed by atoms with Crippen molar-refractivity contribution in [3.8, 4) is 0 Å². The lowest BCUT2D eigenvalue weighted by Gasteiger charge is -2.37. The number of piperidine rings is 1. The molecule has 1 aromatic heterocycles. The molecule has 0 bridgehead atoms. The number of aromatic amines is 1. The number of aromatic nitrogens is 3. The van der Waals surface area contributed by atoms with E-state index in [0.717, 1.165) is 23.2 Å². The van der Waals surface area contributed by atoms with E-state index in [1.807, 2.05) is 0 Å². The molecule has 1 N–H and O–H groups in total. The van der Waals surface area contributed by atoms with Crippen LogP contribution in [0.5, 0.6) is 0 Å². The molecule has 2 rings (SSSR count). The van der Waals surface area contributed by atoms with Crippen LogP contribution in [0.2, 0.25) is 0 Å². The summed E-state index contributed by atoms with van der Waals surface area (Å²) in [6, 6.07) is 0.898. The summed E-state index contributed by atoms with van der Waals surface area (Å²) in [7, 11) is 0. The third-order valence-electron chi connectivity index (χ3n) is 3.58. The van der Waals surface area contributed by atoms with Crippen molar-refractivity contribution in [3.05, 3.63) is 4.77 Å². The molecule has 0 aromatic carbocycles. The van der Waals surface area contributed by atoms with E-state index in [-0.39, 0.29) is 0 Å². The largest absolute Gasteiger partial charge is 0.338 e. The molecule has 0 aliphatic carbocycles. The molecule has 17 heavy (non-hydrogen) atoms. The van der Waals surface area contributed by atoms with E-state index in [4.69, 9.17) is 12.2 Å². The highest BCUT2D eigenvalue weighted by atomic mass is 32.1. The molecule has 0 radical (unpaired) electrons. The van der Waals surface area contributed by atoms with Crippen LogP contribution in [0, 0.1) is 10.7 Å². The van der Waals surface area contributed by atoms with Gasteiger partial charge in [0.25, 0.3) is 0 Å². The molecule has 4 nitrogen and oxygen atoms in total. The third kappa shape index (κ3) is 2.39. The van der Waals surface area contributed by atoms with Crippen LogP contribution >= 0.6 is 12.2 Å². The fourth-order valence-electron chi connectivity index (χ4n) is 2.53. The van der Waals surface area contributed by atoms with Crippen LogP contribution in [0.25, 0.3) is 0 Å². The van der Waals surface area contributed by atoms with Crippen LogP contribution in [-0.4, -0.2) is 27.4 Å². The van der Waals surface area contributed by atoms with Crippen molar-refractivity contribution in [1.82, 2.24) is 14.8 Å². The lowest BCUT2D eigenvalue weighted by Crippen LogP contribution is -2.42. The Bertz CT molecular complexity index is 434. The predicted octanol–water partition coefficient (Wildman–Crippen LogP) is 3.15. The van der Waals surface area contributed by atoms with Crippen molar-refractivity contribution in [2.75, 3.05) is 11.4 Å². The van der Waals surface area contributed by atoms with Gasteiger partial charge in [0.15, 0.2) is 4.77 Å². The van der Waals surface area contributed by atoms with Crippen LogP contribution in [-0.2, 0) is 0 Å². The van der Waals surface area contributed by atoms with E-state index in [1.54, 1.807) is 0 Å². The van der Waals surface area contributed by atoms with E-state index in [9.17, 15) is 0 Å². The van der Waals surface area contributed by atoms with Crippen molar-refractivity contribution in [3.63, 3.8) is 0 Å². The SMILES string of the molecule is CC1CCC(C)N(c2n[nH]c(=S)n2C(C)C)C1. The second-order valence-electron chi connectivity index (χ2n) is 5.48. The van der Waals surface area contributed by atoms with Crippen molar-refractivity contribution in [2.45, 2.75) is 52.6 Å². The molecule has 1 fully saturated rings. The number of nitrogens with one attached hydrogen (secondary N) is 1. The van der Waals surface area contributed by atoms with Gasteiger partial charge in [0.1, 0.15) is 0 Å². The second-order valence-corrected chi connectivity index (χ2v) is 5.86. The number of nitrogens with zero attached hydrogens (tertiary/aromatic N) is 3. The minimum Gasteiger partial charge on any atom is -0.338 e. The molecule has 2 heterocycles. The number of hydrogen-bond acceptors (Lipinski definition) is 3. The van der Waals surface area contributed by atoms with Gasteiger partial charge in [-0.1, -0.05) is 6.92 Å². The maximum absolute atomic E-state index is 5.30. The van der Waals surface area contributed by atoms with Crippen molar-refractivity contribution < 1.29 is 0 Å². The number of rotatable bonds is 2. The molecule has 5 heteroatoms. The van der Waals surface area contributed by atoms with Gasteiger partial charge in [-0.3, -0.25) is 4.57 Å². The summed E-state index contributed by atoms with van der Waals surface area (Å²) in [6.45, 7) is 9.95. The highest BCUT2D eigenvalue weighted by Gasteiger charge is 2.27. The summed E-state index contributed by atoms with van der Waals surface area (Å²) in [4.78, 5) is 2.39. The molecule has 0 amide bonds. The number of H-pyrrole nitrogens is 1. The van der Waals surface area contributed by atoms with Gasteiger partial charge in [-0.2, -0.15) is 0 Å². The van der Waals surface area contributed by atoms with Crippen LogP contribution in [0.3, 0.4) is 0 Å². The van der Waals surface area contributed by atoms with Crippen LogP contribution in [0.4, 0.5) is 5.95 Å². The fourth-order valence-corrected chi connectivity index (χ4v) is 2.87. The molecule has 0 saturated carbocycles. The van der Waals surface area contributed by atoms with Crippen molar-refractivity contribution >= 4 is 18.2 Å². The standard InChI is InChI=1S/C12H22N4S/c1-8(2)16-11(13-14-12(16)17)15-7-9(3)5-6-10(15)4/h8-10H,5-7H2,1-4H3,(H,14,17). The number of anilines is 1. The molecule has 1 saturated heterocycles. The minimum absolute atomic E-state index is 0.348. The smallest absolute Gasteiger partial charge is 0.226 e. The highest BCUT2D eigenvalue weighted by molar-refractivity contribution is 7.71. The molecular weight excluding hydrogens is 232 g/mol. The quantitative estimate of drug-likeness (QED) is 0.824. The molecule has 2 atom stereocenters. The summed E-state index contributed by atoms with van der Waals surface area (Å²) in [5.41, 5.74) is 0. The summed E-state index contributed by atoms with van der Waals surface area (Å²) >= 11 is 5.30. The zero-order valence-corrected chi connectivity index (χ0v) is 11.9. The predicted molar refractivity (Wildman–Crippen MR) is 73.0 cm³/mol. The van der Waals surface area contributed by atoms with Gasteiger partial charge in [0.05, 0.1) is 0 Å². The molecule has 0 spiro atoms. The molecule has 1 aromatic rings. The Hall–Kier alpha value is -0.840. The van der Waals surface area contributed by atoms with Gasteiger partial charge in [-0.15, -0.1) is 5.10 Å². The molecule has 2 unspecified atom stereocenters. The first-order valence-electron chi connectivity index (χ1n) is 6.44. The Morgan fingerprint density at radius 2 is 2.06 bits per heavy atom. The van der Waals surface area contributed by atoms with Gasteiger partial charge in [0.2, 0.25) is 5.95 Å². The first-order chi connectivity index (χ1) is 8.00. The van der Waals surface area contributed by atoms with Gasteiger partial charge in [-0.25, -0.2) is 5.10 Å². The maximum atomic E-state index is 5.30. The highest BCUT2D eigenvalue weighted by Crippen LogP contribution is 2.27. The zero-order valence-electron chi connectivity index (χ0n) is 11.1. The van der Waals surface area contributed by atoms with Crippen LogP contribution < -0.4 is 4.90 Å². The summed E-state index contributed by atoms with van der Waals surface area (Å²) in [5.74, 6) is 1.74. The van der Waals surface area contributed by atoms with Gasteiger partial charge in [-0.05, 0) is 51.7 Å². The monoisotopic (exact) mass is 254 g/mol. The van der Waals surface area contributed by atoms with Gasteiger partial charge in [0, 0.05) is 18.6 Å². The summed E-state index contributed by atoms with van der Waals surface area (Å²) in [6.07, 6.45) is 2.55. The van der Waals surface area contributed by atoms with Crippen molar-refractivity contribution in [2.24, 2.45) is 5.92 Å². The Morgan fingerprint density at radius 3 is 2.71 bits per heavy atom. The molecule has 1 aliphatic rings. The molecular formula is C12H22N4S. The third-order valence-corrected chi connectivity index (χ3v) is 3.86. The first kappa shape index (κ1) is 12.6. The zero-order chi connectivity index (χ0) is 12.6. The van der Waals surface area contributed by atoms with E-state index in [1.165, 1.54) is 12.8 Å². The topological polar surface area (TPSA) is 36.9 Å². The Kier molecular flexibility index (Phi) is 3.56. The Labute approximate surface area is 108 Å². The number of hydrogen-bond donors (Lipinski definition) is 1. The van der Waals surface area contributed by atoms with E-state index >= 15 is 0 Å².